The van der Waals surface area contributed by atoms with Crippen LogP contribution in [0, 0.1) is 5.92 Å². The van der Waals surface area contributed by atoms with Crippen molar-refractivity contribution in [3.05, 3.63) is 30.4 Å². The maximum absolute atomic E-state index is 13.0. The van der Waals surface area contributed by atoms with E-state index in [1.54, 1.807) is 22.5 Å². The summed E-state index contributed by atoms with van der Waals surface area (Å²) in [5.74, 6) is -0.109. The Morgan fingerprint density at radius 3 is 2.52 bits per heavy atom. The van der Waals surface area contributed by atoms with Crippen LogP contribution < -0.4 is 10.2 Å². The molecule has 0 spiro atoms. The van der Waals surface area contributed by atoms with Gasteiger partial charge in [0.2, 0.25) is 15.9 Å². The van der Waals surface area contributed by atoms with Gasteiger partial charge in [0.05, 0.1) is 16.3 Å². The third-order valence-electron chi connectivity index (χ3n) is 5.30. The molecule has 0 bridgehead atoms. The normalized spacial score (nSPS) is 21.0. The highest BCUT2D eigenvalue weighted by Gasteiger charge is 2.27. The van der Waals surface area contributed by atoms with Gasteiger partial charge in [-0.15, -0.1) is 0 Å². The van der Waals surface area contributed by atoms with Crippen LogP contribution in [-0.2, 0) is 14.8 Å². The molecule has 1 fully saturated rings. The van der Waals surface area contributed by atoms with Gasteiger partial charge in [-0.25, -0.2) is 8.42 Å². The van der Waals surface area contributed by atoms with E-state index in [1.165, 1.54) is 0 Å². The van der Waals surface area contributed by atoms with E-state index in [9.17, 15) is 13.2 Å². The fraction of sp³-hybridized carbons (Fsp3) is 0.550. The highest BCUT2D eigenvalue weighted by molar-refractivity contribution is 7.89. The van der Waals surface area contributed by atoms with E-state index in [-0.39, 0.29) is 16.7 Å². The van der Waals surface area contributed by atoms with Crippen LogP contribution in [0.2, 0.25) is 0 Å². The molecule has 1 aliphatic carbocycles. The number of sulfonamides is 1. The van der Waals surface area contributed by atoms with Gasteiger partial charge in [-0.05, 0) is 50.3 Å². The summed E-state index contributed by atoms with van der Waals surface area (Å²) in [5, 5.41) is 2.98. The fourth-order valence-corrected chi connectivity index (χ4v) is 5.23. The minimum absolute atomic E-state index is 0.0463. The lowest BCUT2D eigenvalue weighted by Crippen LogP contribution is -2.35. The van der Waals surface area contributed by atoms with Gasteiger partial charge >= 0.3 is 0 Å². The standard InChI is InChI=1S/C20H29N3O3S/c1-22(2)19-12-11-17(27(25,26)23-13-7-4-8-14-23)15-18(19)21-20(24)16-9-5-3-6-10-16/h3,5,11-12,15-16H,4,6-10,13-14H2,1-2H3,(H,21,24). The summed E-state index contributed by atoms with van der Waals surface area (Å²) < 4.78 is 27.6. The molecule has 1 aromatic rings. The van der Waals surface area contributed by atoms with Crippen LogP contribution in [-0.4, -0.2) is 45.8 Å². The smallest absolute Gasteiger partial charge is 0.243 e. The van der Waals surface area contributed by atoms with E-state index < -0.39 is 10.0 Å². The molecule has 3 rings (SSSR count). The predicted molar refractivity (Wildman–Crippen MR) is 108 cm³/mol. The number of carbonyl (C=O) groups excluding carboxylic acids is 1. The maximum atomic E-state index is 13.0. The van der Waals surface area contributed by atoms with Crippen molar-refractivity contribution in [1.29, 1.82) is 0 Å². The van der Waals surface area contributed by atoms with E-state index in [1.807, 2.05) is 25.1 Å². The van der Waals surface area contributed by atoms with Gasteiger partial charge in [0.15, 0.2) is 0 Å². The molecule has 0 aromatic heterocycles. The highest BCUT2D eigenvalue weighted by Crippen LogP contribution is 2.31. The molecule has 2 aliphatic rings. The van der Waals surface area contributed by atoms with Crippen molar-refractivity contribution in [1.82, 2.24) is 4.31 Å². The van der Waals surface area contributed by atoms with Crippen LogP contribution in [0.3, 0.4) is 0 Å². The third-order valence-corrected chi connectivity index (χ3v) is 7.19. The second kappa shape index (κ2) is 8.44. The van der Waals surface area contributed by atoms with Crippen molar-refractivity contribution in [2.45, 2.75) is 43.4 Å². The first-order valence-corrected chi connectivity index (χ1v) is 11.1. The highest BCUT2D eigenvalue weighted by atomic mass is 32.2. The number of nitrogens with zero attached hydrogens (tertiary/aromatic N) is 2. The Kier molecular flexibility index (Phi) is 6.22. The molecular formula is C20H29N3O3S. The zero-order valence-corrected chi connectivity index (χ0v) is 17.0. The second-order valence-electron chi connectivity index (χ2n) is 7.51. The lowest BCUT2D eigenvalue weighted by molar-refractivity contribution is -0.120. The van der Waals surface area contributed by atoms with E-state index >= 15 is 0 Å². The molecule has 1 aliphatic heterocycles. The molecule has 1 atom stereocenters. The molecule has 1 N–H and O–H groups in total. The summed E-state index contributed by atoms with van der Waals surface area (Å²) in [7, 11) is 0.229. The zero-order chi connectivity index (χ0) is 19.4. The minimum atomic E-state index is -3.54. The van der Waals surface area contributed by atoms with Crippen molar-refractivity contribution < 1.29 is 13.2 Å². The Labute approximate surface area is 162 Å². The monoisotopic (exact) mass is 391 g/mol. The number of hydrogen-bond donors (Lipinski definition) is 1. The summed E-state index contributed by atoms with van der Waals surface area (Å²) in [5.41, 5.74) is 1.35. The average Bonchev–Trinajstić information content (AvgIpc) is 2.69. The summed E-state index contributed by atoms with van der Waals surface area (Å²) >= 11 is 0. The van der Waals surface area contributed by atoms with Crippen molar-refractivity contribution in [2.75, 3.05) is 37.4 Å². The fourth-order valence-electron chi connectivity index (χ4n) is 3.69. The lowest BCUT2D eigenvalue weighted by atomic mass is 9.93. The molecule has 27 heavy (non-hydrogen) atoms. The average molecular weight is 392 g/mol. The molecular weight excluding hydrogens is 362 g/mol. The van der Waals surface area contributed by atoms with E-state index in [2.05, 4.69) is 11.4 Å². The number of benzene rings is 1. The molecule has 0 saturated carbocycles. The number of anilines is 2. The topological polar surface area (TPSA) is 69.7 Å². The Bertz CT molecular complexity index is 812. The second-order valence-corrected chi connectivity index (χ2v) is 9.45. The Hall–Kier alpha value is -1.86. The number of nitrogens with one attached hydrogen (secondary N) is 1. The van der Waals surface area contributed by atoms with Crippen LogP contribution in [0.5, 0.6) is 0 Å². The maximum Gasteiger partial charge on any atom is 0.243 e. The SMILES string of the molecule is CN(C)c1ccc(S(=O)(=O)N2CCCCC2)cc1NC(=O)C1CC=CCC1. The number of piperidine rings is 1. The quantitative estimate of drug-likeness (QED) is 0.783. The Morgan fingerprint density at radius 2 is 1.89 bits per heavy atom. The molecule has 1 aromatic carbocycles. The molecule has 1 saturated heterocycles. The zero-order valence-electron chi connectivity index (χ0n) is 16.1. The number of hydrogen-bond acceptors (Lipinski definition) is 4. The van der Waals surface area contributed by atoms with E-state index in [0.29, 0.717) is 18.8 Å². The van der Waals surface area contributed by atoms with Crippen LogP contribution in [0.15, 0.2) is 35.2 Å². The van der Waals surface area contributed by atoms with Crippen molar-refractivity contribution in [2.24, 2.45) is 5.92 Å². The van der Waals surface area contributed by atoms with Gasteiger partial charge in [0.25, 0.3) is 0 Å². The van der Waals surface area contributed by atoms with Gasteiger partial charge in [-0.3, -0.25) is 4.79 Å². The number of allylic oxidation sites excluding steroid dienone is 2. The number of amides is 1. The molecule has 7 heteroatoms. The first-order valence-electron chi connectivity index (χ1n) is 9.67. The first kappa shape index (κ1) is 19.9. The molecule has 0 radical (unpaired) electrons. The third kappa shape index (κ3) is 4.52. The van der Waals surface area contributed by atoms with Crippen LogP contribution in [0.25, 0.3) is 0 Å². The summed E-state index contributed by atoms with van der Waals surface area (Å²) in [6.07, 6.45) is 9.46. The van der Waals surface area contributed by atoms with E-state index in [0.717, 1.165) is 44.2 Å². The van der Waals surface area contributed by atoms with Crippen LogP contribution >= 0.6 is 0 Å². The Balaban J connectivity index is 1.88. The largest absolute Gasteiger partial charge is 0.376 e. The predicted octanol–water partition coefficient (Wildman–Crippen LogP) is 3.22. The first-order chi connectivity index (χ1) is 12.9. The minimum Gasteiger partial charge on any atom is -0.376 e. The van der Waals surface area contributed by atoms with Crippen molar-refractivity contribution in [3.8, 4) is 0 Å². The molecule has 6 nitrogen and oxygen atoms in total. The van der Waals surface area contributed by atoms with Gasteiger partial charge in [0.1, 0.15) is 0 Å². The lowest BCUT2D eigenvalue weighted by Gasteiger charge is -2.27. The van der Waals surface area contributed by atoms with Crippen LogP contribution in [0.1, 0.15) is 38.5 Å². The summed E-state index contributed by atoms with van der Waals surface area (Å²) in [6.45, 7) is 1.13. The van der Waals surface area contributed by atoms with Gasteiger partial charge in [-0.2, -0.15) is 4.31 Å². The van der Waals surface area contributed by atoms with Crippen molar-refractivity contribution >= 4 is 27.3 Å². The van der Waals surface area contributed by atoms with Crippen molar-refractivity contribution in [3.63, 3.8) is 0 Å². The van der Waals surface area contributed by atoms with Gasteiger partial charge < -0.3 is 10.2 Å². The summed E-state index contributed by atoms with van der Waals surface area (Å²) in [6, 6.07) is 5.02. The molecule has 1 heterocycles. The van der Waals surface area contributed by atoms with Gasteiger partial charge in [0, 0.05) is 33.1 Å². The number of carbonyl (C=O) groups is 1. The number of rotatable bonds is 5. The molecule has 148 valence electrons. The molecule has 1 unspecified atom stereocenters. The van der Waals surface area contributed by atoms with E-state index in [4.69, 9.17) is 0 Å². The van der Waals surface area contributed by atoms with Gasteiger partial charge in [-0.1, -0.05) is 18.6 Å². The molecule has 1 amide bonds. The summed E-state index contributed by atoms with van der Waals surface area (Å²) in [4.78, 5) is 14.8. The van der Waals surface area contributed by atoms with Crippen LogP contribution in [0.4, 0.5) is 11.4 Å². The Morgan fingerprint density at radius 1 is 1.15 bits per heavy atom.